The highest BCUT2D eigenvalue weighted by molar-refractivity contribution is 9.10. The van der Waals surface area contributed by atoms with E-state index in [0.717, 1.165) is 27.1 Å². The van der Waals surface area contributed by atoms with Crippen LogP contribution in [-0.4, -0.2) is 17.3 Å². The third kappa shape index (κ3) is 3.69. The summed E-state index contributed by atoms with van der Waals surface area (Å²) in [5, 5.41) is 8.72. The summed E-state index contributed by atoms with van der Waals surface area (Å²) >= 11 is 4.94. The summed E-state index contributed by atoms with van der Waals surface area (Å²) in [7, 11) is 1.66. The summed E-state index contributed by atoms with van der Waals surface area (Å²) in [4.78, 5) is 0. The average molecular weight is 377 g/mol. The Morgan fingerprint density at radius 3 is 2.82 bits per heavy atom. The molecule has 0 spiro atoms. The van der Waals surface area contributed by atoms with Crippen LogP contribution in [0.15, 0.2) is 62.6 Å². The smallest absolute Gasteiger partial charge is 0.277 e. The maximum Gasteiger partial charge on any atom is 0.277 e. The molecule has 6 heteroatoms. The van der Waals surface area contributed by atoms with Gasteiger partial charge in [0.1, 0.15) is 5.75 Å². The quantitative estimate of drug-likeness (QED) is 0.598. The van der Waals surface area contributed by atoms with Gasteiger partial charge in [0, 0.05) is 15.8 Å². The molecule has 0 aliphatic rings. The van der Waals surface area contributed by atoms with Crippen molar-refractivity contribution in [2.24, 2.45) is 0 Å². The topological polar surface area (TPSA) is 48.2 Å². The summed E-state index contributed by atoms with van der Waals surface area (Å²) in [6.07, 6.45) is 0. The molecule has 0 fully saturated rings. The molecule has 0 bridgehead atoms. The van der Waals surface area contributed by atoms with Crippen molar-refractivity contribution in [3.8, 4) is 17.2 Å². The summed E-state index contributed by atoms with van der Waals surface area (Å²) in [6.45, 7) is 0. The van der Waals surface area contributed by atoms with E-state index in [0.29, 0.717) is 11.1 Å². The molecule has 3 aromatic rings. The fourth-order valence-electron chi connectivity index (χ4n) is 1.91. The van der Waals surface area contributed by atoms with Crippen LogP contribution < -0.4 is 4.74 Å². The molecular formula is C16H13BrN2O2S. The van der Waals surface area contributed by atoms with Gasteiger partial charge in [0.2, 0.25) is 5.89 Å². The van der Waals surface area contributed by atoms with Crippen LogP contribution >= 0.6 is 27.7 Å². The Morgan fingerprint density at radius 2 is 2.00 bits per heavy atom. The molecule has 0 N–H and O–H groups in total. The number of hydrogen-bond donors (Lipinski definition) is 0. The molecule has 0 atom stereocenters. The van der Waals surface area contributed by atoms with E-state index in [1.54, 1.807) is 7.11 Å². The van der Waals surface area contributed by atoms with Gasteiger partial charge in [0.25, 0.3) is 5.22 Å². The van der Waals surface area contributed by atoms with Gasteiger partial charge in [-0.25, -0.2) is 0 Å². The van der Waals surface area contributed by atoms with Gasteiger partial charge in [-0.3, -0.25) is 0 Å². The van der Waals surface area contributed by atoms with Gasteiger partial charge >= 0.3 is 0 Å². The molecule has 0 saturated heterocycles. The Balaban J connectivity index is 1.69. The lowest BCUT2D eigenvalue weighted by Crippen LogP contribution is -1.85. The van der Waals surface area contributed by atoms with Crippen molar-refractivity contribution in [1.82, 2.24) is 10.2 Å². The van der Waals surface area contributed by atoms with E-state index in [2.05, 4.69) is 26.1 Å². The van der Waals surface area contributed by atoms with Gasteiger partial charge in [0.15, 0.2) is 0 Å². The second-order valence-corrected chi connectivity index (χ2v) is 6.37. The monoisotopic (exact) mass is 376 g/mol. The van der Waals surface area contributed by atoms with Crippen LogP contribution in [0.4, 0.5) is 0 Å². The summed E-state index contributed by atoms with van der Waals surface area (Å²) in [5.74, 6) is 2.12. The molecule has 0 aliphatic carbocycles. The van der Waals surface area contributed by atoms with Crippen LogP contribution in [0.2, 0.25) is 0 Å². The normalized spacial score (nSPS) is 10.6. The van der Waals surface area contributed by atoms with Crippen molar-refractivity contribution in [3.63, 3.8) is 0 Å². The number of halogens is 1. The molecule has 112 valence electrons. The molecular weight excluding hydrogens is 364 g/mol. The second-order valence-electron chi connectivity index (χ2n) is 4.52. The molecule has 0 saturated carbocycles. The van der Waals surface area contributed by atoms with Gasteiger partial charge in [-0.15, -0.1) is 10.2 Å². The minimum atomic E-state index is 0.523. The van der Waals surface area contributed by atoms with Crippen LogP contribution in [0, 0.1) is 0 Å². The lowest BCUT2D eigenvalue weighted by molar-refractivity contribution is 0.414. The Morgan fingerprint density at radius 1 is 1.14 bits per heavy atom. The Hall–Kier alpha value is -1.79. The van der Waals surface area contributed by atoms with Crippen molar-refractivity contribution in [3.05, 3.63) is 58.6 Å². The van der Waals surface area contributed by atoms with Crippen LogP contribution in [0.25, 0.3) is 11.5 Å². The molecule has 0 unspecified atom stereocenters. The molecule has 0 aliphatic heterocycles. The van der Waals surface area contributed by atoms with Gasteiger partial charge in [0.05, 0.1) is 7.11 Å². The largest absolute Gasteiger partial charge is 0.497 e. The van der Waals surface area contributed by atoms with E-state index in [1.165, 1.54) is 11.8 Å². The highest BCUT2D eigenvalue weighted by Gasteiger charge is 2.09. The zero-order valence-corrected chi connectivity index (χ0v) is 14.2. The number of ether oxygens (including phenoxy) is 1. The highest BCUT2D eigenvalue weighted by Crippen LogP contribution is 2.27. The number of benzene rings is 2. The van der Waals surface area contributed by atoms with E-state index < -0.39 is 0 Å². The maximum atomic E-state index is 5.69. The number of methoxy groups -OCH3 is 1. The number of nitrogens with zero attached hydrogens (tertiary/aromatic N) is 2. The van der Waals surface area contributed by atoms with E-state index in [4.69, 9.17) is 9.15 Å². The Kier molecular flexibility index (Phi) is 4.80. The summed E-state index contributed by atoms with van der Waals surface area (Å²) in [6, 6.07) is 15.7. The molecule has 1 aromatic heterocycles. The zero-order chi connectivity index (χ0) is 15.4. The van der Waals surface area contributed by atoms with Gasteiger partial charge in [-0.1, -0.05) is 45.9 Å². The fourth-order valence-corrected chi connectivity index (χ4v) is 3.02. The van der Waals surface area contributed by atoms with Crippen LogP contribution in [0.1, 0.15) is 5.56 Å². The van der Waals surface area contributed by atoms with Crippen LogP contribution in [0.3, 0.4) is 0 Å². The lowest BCUT2D eigenvalue weighted by Gasteiger charge is -2.02. The van der Waals surface area contributed by atoms with E-state index in [1.807, 2.05) is 48.5 Å². The first kappa shape index (κ1) is 15.1. The SMILES string of the molecule is COc1cccc(CSc2nnc(-c3cccc(Br)c3)o2)c1. The molecule has 1 heterocycles. The summed E-state index contributed by atoms with van der Waals surface area (Å²) in [5.41, 5.74) is 2.04. The first-order valence-corrected chi connectivity index (χ1v) is 8.37. The summed E-state index contributed by atoms with van der Waals surface area (Å²) < 4.78 is 11.9. The zero-order valence-electron chi connectivity index (χ0n) is 11.8. The van der Waals surface area contributed by atoms with Crippen molar-refractivity contribution in [1.29, 1.82) is 0 Å². The van der Waals surface area contributed by atoms with Gasteiger partial charge in [-0.2, -0.15) is 0 Å². The first-order chi connectivity index (χ1) is 10.7. The average Bonchev–Trinajstić information content (AvgIpc) is 3.02. The minimum Gasteiger partial charge on any atom is -0.497 e. The standard InChI is InChI=1S/C16H13BrN2O2S/c1-20-14-7-2-4-11(8-14)10-22-16-19-18-15(21-16)12-5-3-6-13(17)9-12/h2-9H,10H2,1H3. The predicted octanol–water partition coefficient (Wildman–Crippen LogP) is 4.80. The van der Waals surface area contributed by atoms with E-state index >= 15 is 0 Å². The van der Waals surface area contributed by atoms with Crippen molar-refractivity contribution < 1.29 is 9.15 Å². The Labute approximate surface area is 141 Å². The van der Waals surface area contributed by atoms with Crippen molar-refractivity contribution >= 4 is 27.7 Å². The molecule has 4 nitrogen and oxygen atoms in total. The Bertz CT molecular complexity index is 776. The number of hydrogen-bond acceptors (Lipinski definition) is 5. The minimum absolute atomic E-state index is 0.523. The van der Waals surface area contributed by atoms with Crippen molar-refractivity contribution in [2.45, 2.75) is 11.0 Å². The van der Waals surface area contributed by atoms with Crippen molar-refractivity contribution in [2.75, 3.05) is 7.11 Å². The third-order valence-corrected chi connectivity index (χ3v) is 4.36. The fraction of sp³-hybridized carbons (Fsp3) is 0.125. The second kappa shape index (κ2) is 6.98. The molecule has 0 radical (unpaired) electrons. The highest BCUT2D eigenvalue weighted by atomic mass is 79.9. The van der Waals surface area contributed by atoms with E-state index in [-0.39, 0.29) is 0 Å². The molecule has 0 amide bonds. The van der Waals surface area contributed by atoms with Crippen LogP contribution in [0.5, 0.6) is 5.75 Å². The maximum absolute atomic E-state index is 5.69. The third-order valence-electron chi connectivity index (χ3n) is 2.97. The predicted molar refractivity (Wildman–Crippen MR) is 90.0 cm³/mol. The van der Waals surface area contributed by atoms with E-state index in [9.17, 15) is 0 Å². The number of thioether (sulfide) groups is 1. The number of rotatable bonds is 5. The van der Waals surface area contributed by atoms with Gasteiger partial charge in [-0.05, 0) is 35.9 Å². The molecule has 2 aromatic carbocycles. The molecule has 3 rings (SSSR count). The number of aromatic nitrogens is 2. The lowest BCUT2D eigenvalue weighted by atomic mass is 10.2. The molecule has 22 heavy (non-hydrogen) atoms. The van der Waals surface area contributed by atoms with Crippen LogP contribution in [-0.2, 0) is 5.75 Å². The van der Waals surface area contributed by atoms with Gasteiger partial charge < -0.3 is 9.15 Å². The first-order valence-electron chi connectivity index (χ1n) is 6.60.